The number of amides is 2. The Morgan fingerprint density at radius 3 is 2.38 bits per heavy atom. The molecule has 1 unspecified atom stereocenters. The highest BCUT2D eigenvalue weighted by Gasteiger charge is 2.47. The SMILES string of the molecule is Cc1cccc(N2CCN(C(=O)C(CCC(=O)O)NC(=O)c3cc(OC4(C(=O)O)CCC4)c4ccccc4n3)CC2)c1. The molecule has 220 valence electrons. The molecule has 5 rings (SSSR count). The zero-order valence-corrected chi connectivity index (χ0v) is 23.4. The second-order valence-corrected chi connectivity index (χ2v) is 10.9. The second kappa shape index (κ2) is 12.1. The Morgan fingerprint density at radius 1 is 1.00 bits per heavy atom. The van der Waals surface area contributed by atoms with E-state index in [0.29, 0.717) is 49.9 Å². The monoisotopic (exact) mass is 574 g/mol. The molecule has 2 amide bonds. The zero-order chi connectivity index (χ0) is 29.9. The fourth-order valence-electron chi connectivity index (χ4n) is 5.40. The smallest absolute Gasteiger partial charge is 0.348 e. The van der Waals surface area contributed by atoms with Gasteiger partial charge in [-0.05, 0) is 62.4 Å². The molecule has 11 nitrogen and oxygen atoms in total. The van der Waals surface area contributed by atoms with E-state index in [4.69, 9.17) is 4.74 Å². The molecule has 0 spiro atoms. The number of ether oxygens (including phenoxy) is 1. The first-order valence-electron chi connectivity index (χ1n) is 14.1. The van der Waals surface area contributed by atoms with Crippen molar-refractivity contribution in [2.45, 2.75) is 50.7 Å². The predicted octanol–water partition coefficient (Wildman–Crippen LogP) is 3.24. The van der Waals surface area contributed by atoms with E-state index in [2.05, 4.69) is 21.3 Å². The molecule has 2 heterocycles. The van der Waals surface area contributed by atoms with Crippen LogP contribution in [0.15, 0.2) is 54.6 Å². The number of carboxylic acid groups (broad SMARTS) is 2. The number of aliphatic carboxylic acids is 2. The van der Waals surface area contributed by atoms with E-state index < -0.39 is 29.5 Å². The second-order valence-electron chi connectivity index (χ2n) is 10.9. The van der Waals surface area contributed by atoms with E-state index in [1.54, 1.807) is 29.2 Å². The van der Waals surface area contributed by atoms with Crippen LogP contribution in [0.25, 0.3) is 10.9 Å². The van der Waals surface area contributed by atoms with E-state index in [1.165, 1.54) is 6.07 Å². The van der Waals surface area contributed by atoms with Crippen LogP contribution in [0.3, 0.4) is 0 Å². The average Bonchev–Trinajstić information content (AvgIpc) is 2.96. The zero-order valence-electron chi connectivity index (χ0n) is 23.4. The maximum absolute atomic E-state index is 13.6. The molecular formula is C31H34N4O7. The third-order valence-electron chi connectivity index (χ3n) is 7.98. The molecular weight excluding hydrogens is 540 g/mol. The largest absolute Gasteiger partial charge is 0.481 e. The van der Waals surface area contributed by atoms with Crippen LogP contribution in [0.1, 0.15) is 48.2 Å². The van der Waals surface area contributed by atoms with Gasteiger partial charge in [-0.15, -0.1) is 0 Å². The molecule has 2 aliphatic rings. The molecule has 3 aromatic rings. The van der Waals surface area contributed by atoms with Gasteiger partial charge in [0.25, 0.3) is 5.91 Å². The lowest BCUT2D eigenvalue weighted by molar-refractivity contribution is -0.163. The van der Waals surface area contributed by atoms with Crippen LogP contribution < -0.4 is 15.0 Å². The highest BCUT2D eigenvalue weighted by molar-refractivity contribution is 5.99. The molecule has 1 saturated carbocycles. The Bertz CT molecular complexity index is 1510. The highest BCUT2D eigenvalue weighted by Crippen LogP contribution is 2.39. The number of benzene rings is 2. The van der Waals surface area contributed by atoms with Gasteiger partial charge in [-0.25, -0.2) is 9.78 Å². The molecule has 2 aromatic carbocycles. The molecule has 11 heteroatoms. The summed E-state index contributed by atoms with van der Waals surface area (Å²) in [7, 11) is 0. The molecule has 1 aliphatic carbocycles. The number of anilines is 1. The topological polar surface area (TPSA) is 149 Å². The molecule has 0 radical (unpaired) electrons. The summed E-state index contributed by atoms with van der Waals surface area (Å²) in [5.74, 6) is -2.96. The van der Waals surface area contributed by atoms with Gasteiger partial charge in [0.1, 0.15) is 17.5 Å². The summed E-state index contributed by atoms with van der Waals surface area (Å²) < 4.78 is 6.01. The summed E-state index contributed by atoms with van der Waals surface area (Å²) >= 11 is 0. The third kappa shape index (κ3) is 6.14. The van der Waals surface area contributed by atoms with Gasteiger partial charge in [-0.1, -0.05) is 24.3 Å². The van der Waals surface area contributed by atoms with Gasteiger partial charge in [-0.3, -0.25) is 14.4 Å². The van der Waals surface area contributed by atoms with E-state index in [9.17, 15) is 29.4 Å². The number of carbonyl (C=O) groups excluding carboxylic acids is 2. The molecule has 1 aliphatic heterocycles. The molecule has 42 heavy (non-hydrogen) atoms. The maximum atomic E-state index is 13.6. The molecule has 0 bridgehead atoms. The number of carbonyl (C=O) groups is 4. The van der Waals surface area contributed by atoms with Crippen molar-refractivity contribution in [1.29, 1.82) is 0 Å². The van der Waals surface area contributed by atoms with Crippen LogP contribution in [-0.2, 0) is 14.4 Å². The first-order chi connectivity index (χ1) is 20.1. The van der Waals surface area contributed by atoms with Gasteiger partial charge >= 0.3 is 11.9 Å². The van der Waals surface area contributed by atoms with Gasteiger partial charge in [0.15, 0.2) is 0 Å². The number of rotatable bonds is 10. The highest BCUT2D eigenvalue weighted by atomic mass is 16.5. The summed E-state index contributed by atoms with van der Waals surface area (Å²) in [6.45, 7) is 4.08. The van der Waals surface area contributed by atoms with E-state index in [1.807, 2.05) is 25.1 Å². The summed E-state index contributed by atoms with van der Waals surface area (Å²) in [6.07, 6.45) is 1.03. The standard InChI is InChI=1S/C31H34N4O7/c1-20-6-4-7-21(18-20)34-14-16-35(17-15-34)29(39)24(10-11-27(36)37)33-28(38)25-19-26(22-8-2-3-9-23(22)32-25)42-31(30(40)41)12-5-13-31/h2-4,6-9,18-19,24H,5,10-17H2,1H3,(H,33,38)(H,36,37)(H,40,41). The van der Waals surface area contributed by atoms with Crippen LogP contribution in [-0.4, -0.2) is 81.7 Å². The Kier molecular flexibility index (Phi) is 8.28. The third-order valence-corrected chi connectivity index (χ3v) is 7.98. The number of pyridine rings is 1. The first-order valence-corrected chi connectivity index (χ1v) is 14.1. The molecule has 1 saturated heterocycles. The van der Waals surface area contributed by atoms with Crippen molar-refractivity contribution in [2.24, 2.45) is 0 Å². The number of hydrogen-bond donors (Lipinski definition) is 3. The number of nitrogens with one attached hydrogen (secondary N) is 1. The van der Waals surface area contributed by atoms with Crippen molar-refractivity contribution in [2.75, 3.05) is 31.1 Å². The van der Waals surface area contributed by atoms with Crippen LogP contribution in [0.5, 0.6) is 5.75 Å². The van der Waals surface area contributed by atoms with Crippen molar-refractivity contribution in [3.63, 3.8) is 0 Å². The number of piperazine rings is 1. The molecule has 2 fully saturated rings. The quantitative estimate of drug-likeness (QED) is 0.332. The van der Waals surface area contributed by atoms with Crippen LogP contribution >= 0.6 is 0 Å². The summed E-state index contributed by atoms with van der Waals surface area (Å²) in [5, 5.41) is 22.3. The molecule has 1 atom stereocenters. The fraction of sp³-hybridized carbons (Fsp3) is 0.387. The minimum absolute atomic E-state index is 0.0547. The lowest BCUT2D eigenvalue weighted by Crippen LogP contribution is -2.55. The summed E-state index contributed by atoms with van der Waals surface area (Å²) in [4.78, 5) is 58.6. The minimum atomic E-state index is -1.36. The Labute approximate surface area is 243 Å². The van der Waals surface area contributed by atoms with E-state index >= 15 is 0 Å². The number of hydrogen-bond acceptors (Lipinski definition) is 7. The minimum Gasteiger partial charge on any atom is -0.481 e. The average molecular weight is 575 g/mol. The van der Waals surface area contributed by atoms with Crippen LogP contribution in [0.2, 0.25) is 0 Å². The number of aromatic nitrogens is 1. The fourth-order valence-corrected chi connectivity index (χ4v) is 5.40. The molecule has 3 N–H and O–H groups in total. The van der Waals surface area contributed by atoms with Gasteiger partial charge in [0.2, 0.25) is 11.5 Å². The van der Waals surface area contributed by atoms with Crippen LogP contribution in [0.4, 0.5) is 5.69 Å². The lowest BCUT2D eigenvalue weighted by Gasteiger charge is -2.38. The van der Waals surface area contributed by atoms with Gasteiger partial charge in [-0.2, -0.15) is 0 Å². The summed E-state index contributed by atoms with van der Waals surface area (Å²) in [6, 6.07) is 15.4. The number of carboxylic acids is 2. The van der Waals surface area contributed by atoms with Gasteiger partial charge in [0.05, 0.1) is 5.52 Å². The molecule has 1 aromatic heterocycles. The van der Waals surface area contributed by atoms with Crippen molar-refractivity contribution in [3.05, 3.63) is 65.9 Å². The van der Waals surface area contributed by atoms with Crippen molar-refractivity contribution in [3.8, 4) is 5.75 Å². The normalized spacial score (nSPS) is 16.8. The number of nitrogens with zero attached hydrogens (tertiary/aromatic N) is 3. The van der Waals surface area contributed by atoms with E-state index in [0.717, 1.165) is 17.7 Å². The van der Waals surface area contributed by atoms with Gasteiger partial charge in [0, 0.05) is 49.7 Å². The lowest BCUT2D eigenvalue weighted by atomic mass is 9.80. The van der Waals surface area contributed by atoms with Gasteiger partial charge < -0.3 is 30.1 Å². The van der Waals surface area contributed by atoms with Crippen molar-refractivity contribution in [1.82, 2.24) is 15.2 Å². The van der Waals surface area contributed by atoms with Crippen molar-refractivity contribution < 1.29 is 34.1 Å². The Balaban J connectivity index is 1.34. The number of aryl methyl sites for hydroxylation is 1. The Morgan fingerprint density at radius 2 is 1.74 bits per heavy atom. The maximum Gasteiger partial charge on any atom is 0.348 e. The number of fused-ring (bicyclic) bond motifs is 1. The van der Waals surface area contributed by atoms with E-state index in [-0.39, 0.29) is 30.2 Å². The van der Waals surface area contributed by atoms with Crippen molar-refractivity contribution >= 4 is 40.3 Å². The Hall–Kier alpha value is -4.67. The number of para-hydroxylation sites is 1. The summed E-state index contributed by atoms with van der Waals surface area (Å²) in [5.41, 5.74) is 1.23. The first kappa shape index (κ1) is 28.8. The predicted molar refractivity (Wildman–Crippen MR) is 155 cm³/mol. The van der Waals surface area contributed by atoms with Crippen LogP contribution in [0, 0.1) is 6.92 Å².